The number of aromatic nitrogens is 2. The predicted octanol–water partition coefficient (Wildman–Crippen LogP) is 2.35. The molecule has 0 spiro atoms. The van der Waals surface area contributed by atoms with Gasteiger partial charge in [-0.05, 0) is 42.4 Å². The minimum absolute atomic E-state index is 0.604. The number of halogens is 1. The van der Waals surface area contributed by atoms with Gasteiger partial charge in [0.1, 0.15) is 5.82 Å². The summed E-state index contributed by atoms with van der Waals surface area (Å²) in [7, 11) is 0. The molecule has 16 heavy (non-hydrogen) atoms. The molecule has 1 aliphatic rings. The molecule has 2 heterocycles. The van der Waals surface area contributed by atoms with Crippen LogP contribution >= 0.6 is 22.6 Å². The first-order valence-electron chi connectivity index (χ1n) is 5.73. The van der Waals surface area contributed by atoms with Crippen molar-refractivity contribution in [1.82, 2.24) is 9.97 Å². The molecule has 0 aromatic carbocycles. The molecule has 88 valence electrons. The zero-order valence-electron chi connectivity index (χ0n) is 9.54. The summed E-state index contributed by atoms with van der Waals surface area (Å²) in [5, 5.41) is 0. The van der Waals surface area contributed by atoms with E-state index in [0.717, 1.165) is 28.3 Å². The van der Waals surface area contributed by atoms with Crippen LogP contribution in [-0.2, 0) is 0 Å². The highest BCUT2D eigenvalue weighted by Crippen LogP contribution is 2.21. The maximum absolute atomic E-state index is 5.88. The summed E-state index contributed by atoms with van der Waals surface area (Å²) in [6, 6.07) is 0. The third-order valence-electron chi connectivity index (χ3n) is 2.92. The second-order valence-corrected chi connectivity index (χ2v) is 5.29. The number of nitrogens with two attached hydrogens (primary N) is 1. The van der Waals surface area contributed by atoms with E-state index in [9.17, 15) is 0 Å². The number of aryl methyl sites for hydroxylation is 1. The minimum atomic E-state index is 0.604. The van der Waals surface area contributed by atoms with Crippen molar-refractivity contribution >= 4 is 34.4 Å². The first-order valence-corrected chi connectivity index (χ1v) is 6.81. The molecule has 1 aliphatic heterocycles. The molecule has 2 N–H and O–H groups in total. The Kier molecular flexibility index (Phi) is 3.83. The van der Waals surface area contributed by atoms with E-state index in [4.69, 9.17) is 5.73 Å². The van der Waals surface area contributed by atoms with Crippen molar-refractivity contribution in [2.75, 3.05) is 23.7 Å². The van der Waals surface area contributed by atoms with Crippen molar-refractivity contribution in [3.05, 3.63) is 9.26 Å². The van der Waals surface area contributed by atoms with Gasteiger partial charge in [-0.1, -0.05) is 12.8 Å². The average Bonchev–Trinajstić information content (AvgIpc) is 2.53. The number of nitrogen functional groups attached to an aromatic ring is 1. The Labute approximate surface area is 110 Å². The minimum Gasteiger partial charge on any atom is -0.383 e. The van der Waals surface area contributed by atoms with E-state index in [1.807, 2.05) is 6.92 Å². The van der Waals surface area contributed by atoms with Crippen molar-refractivity contribution in [2.45, 2.75) is 32.6 Å². The Bertz CT molecular complexity index is 349. The van der Waals surface area contributed by atoms with Gasteiger partial charge in [0.05, 0.1) is 9.26 Å². The van der Waals surface area contributed by atoms with Crippen LogP contribution in [0, 0.1) is 10.5 Å². The number of nitrogens with zero attached hydrogens (tertiary/aromatic N) is 3. The van der Waals surface area contributed by atoms with E-state index in [0.29, 0.717) is 5.82 Å². The van der Waals surface area contributed by atoms with E-state index in [1.165, 1.54) is 25.7 Å². The SMILES string of the molecule is Cc1nc(N2CCCCCC2)nc(N)c1I. The lowest BCUT2D eigenvalue weighted by Gasteiger charge is -2.21. The van der Waals surface area contributed by atoms with Gasteiger partial charge in [0.25, 0.3) is 0 Å². The van der Waals surface area contributed by atoms with Crippen molar-refractivity contribution in [3.63, 3.8) is 0 Å². The third kappa shape index (κ3) is 2.56. The van der Waals surface area contributed by atoms with Crippen molar-refractivity contribution in [1.29, 1.82) is 0 Å². The van der Waals surface area contributed by atoms with Crippen molar-refractivity contribution in [2.24, 2.45) is 0 Å². The Morgan fingerprint density at radius 3 is 2.31 bits per heavy atom. The molecule has 1 saturated heterocycles. The zero-order valence-corrected chi connectivity index (χ0v) is 11.7. The maximum Gasteiger partial charge on any atom is 0.227 e. The van der Waals surface area contributed by atoms with E-state index < -0.39 is 0 Å². The van der Waals surface area contributed by atoms with Crippen LogP contribution in [-0.4, -0.2) is 23.1 Å². The molecule has 0 radical (unpaired) electrons. The molecular weight excluding hydrogens is 315 g/mol. The molecule has 0 saturated carbocycles. The fraction of sp³-hybridized carbons (Fsp3) is 0.636. The molecule has 0 unspecified atom stereocenters. The van der Waals surface area contributed by atoms with Crippen LogP contribution in [0.1, 0.15) is 31.4 Å². The standard InChI is InChI=1S/C11H17IN4/c1-8-9(12)10(13)15-11(14-8)16-6-4-2-3-5-7-16/h2-7H2,1H3,(H2,13,14,15). The Balaban J connectivity index is 2.25. The fourth-order valence-corrected chi connectivity index (χ4v) is 2.22. The van der Waals surface area contributed by atoms with E-state index in [2.05, 4.69) is 37.5 Å². The number of hydrogen-bond donors (Lipinski definition) is 1. The molecule has 0 bridgehead atoms. The number of hydrogen-bond acceptors (Lipinski definition) is 4. The highest BCUT2D eigenvalue weighted by Gasteiger charge is 2.14. The Morgan fingerprint density at radius 2 is 1.75 bits per heavy atom. The Hall–Kier alpha value is -0.590. The summed E-state index contributed by atoms with van der Waals surface area (Å²) in [4.78, 5) is 11.2. The van der Waals surface area contributed by atoms with Gasteiger partial charge in [-0.15, -0.1) is 0 Å². The van der Waals surface area contributed by atoms with Crippen LogP contribution in [0.4, 0.5) is 11.8 Å². The maximum atomic E-state index is 5.88. The average molecular weight is 332 g/mol. The molecule has 1 aromatic heterocycles. The second-order valence-electron chi connectivity index (χ2n) is 4.21. The molecule has 0 amide bonds. The van der Waals surface area contributed by atoms with Gasteiger partial charge in [0.2, 0.25) is 5.95 Å². The van der Waals surface area contributed by atoms with Crippen molar-refractivity contribution < 1.29 is 0 Å². The van der Waals surface area contributed by atoms with E-state index in [1.54, 1.807) is 0 Å². The van der Waals surface area contributed by atoms with Gasteiger partial charge >= 0.3 is 0 Å². The highest BCUT2D eigenvalue weighted by atomic mass is 127. The monoisotopic (exact) mass is 332 g/mol. The lowest BCUT2D eigenvalue weighted by atomic mass is 10.2. The van der Waals surface area contributed by atoms with E-state index in [-0.39, 0.29) is 0 Å². The largest absolute Gasteiger partial charge is 0.383 e. The van der Waals surface area contributed by atoms with Crippen LogP contribution in [0.15, 0.2) is 0 Å². The summed E-state index contributed by atoms with van der Waals surface area (Å²) in [6.07, 6.45) is 5.09. The van der Waals surface area contributed by atoms with Gasteiger partial charge in [0.15, 0.2) is 0 Å². The summed E-state index contributed by atoms with van der Waals surface area (Å²) in [5.41, 5.74) is 6.86. The molecule has 5 heteroatoms. The first kappa shape index (κ1) is 11.9. The first-order chi connectivity index (χ1) is 7.68. The zero-order chi connectivity index (χ0) is 11.5. The van der Waals surface area contributed by atoms with E-state index >= 15 is 0 Å². The summed E-state index contributed by atoms with van der Waals surface area (Å²) >= 11 is 2.20. The van der Waals surface area contributed by atoms with Crippen LogP contribution in [0.5, 0.6) is 0 Å². The molecular formula is C11H17IN4. The molecule has 0 atom stereocenters. The molecule has 0 aliphatic carbocycles. The Morgan fingerprint density at radius 1 is 1.12 bits per heavy atom. The normalized spacial score (nSPS) is 17.2. The van der Waals surface area contributed by atoms with Crippen LogP contribution in [0.3, 0.4) is 0 Å². The smallest absolute Gasteiger partial charge is 0.227 e. The highest BCUT2D eigenvalue weighted by molar-refractivity contribution is 14.1. The second kappa shape index (κ2) is 5.16. The van der Waals surface area contributed by atoms with Gasteiger partial charge in [-0.3, -0.25) is 0 Å². The van der Waals surface area contributed by atoms with Gasteiger partial charge in [-0.25, -0.2) is 4.98 Å². The van der Waals surface area contributed by atoms with Gasteiger partial charge in [0, 0.05) is 13.1 Å². The quantitative estimate of drug-likeness (QED) is 0.802. The van der Waals surface area contributed by atoms with Crippen LogP contribution in [0.25, 0.3) is 0 Å². The lowest BCUT2D eigenvalue weighted by Crippen LogP contribution is -2.26. The summed E-state index contributed by atoms with van der Waals surface area (Å²) < 4.78 is 0.969. The number of rotatable bonds is 1. The molecule has 1 aromatic rings. The lowest BCUT2D eigenvalue weighted by molar-refractivity contribution is 0.726. The topological polar surface area (TPSA) is 55.0 Å². The third-order valence-corrected chi connectivity index (χ3v) is 4.25. The molecule has 1 fully saturated rings. The number of anilines is 2. The van der Waals surface area contributed by atoms with Crippen LogP contribution < -0.4 is 10.6 Å². The molecule has 2 rings (SSSR count). The van der Waals surface area contributed by atoms with Gasteiger partial charge < -0.3 is 10.6 Å². The van der Waals surface area contributed by atoms with Crippen molar-refractivity contribution in [3.8, 4) is 0 Å². The summed E-state index contributed by atoms with van der Waals surface area (Å²) in [5.74, 6) is 1.41. The fourth-order valence-electron chi connectivity index (χ4n) is 1.98. The predicted molar refractivity (Wildman–Crippen MR) is 74.6 cm³/mol. The molecule has 4 nitrogen and oxygen atoms in total. The van der Waals surface area contributed by atoms with Gasteiger partial charge in [-0.2, -0.15) is 4.98 Å². The van der Waals surface area contributed by atoms with Crippen LogP contribution in [0.2, 0.25) is 0 Å². The summed E-state index contributed by atoms with van der Waals surface area (Å²) in [6.45, 7) is 4.10.